The molecule has 0 unspecified atom stereocenters. The summed E-state index contributed by atoms with van der Waals surface area (Å²) in [6, 6.07) is 1.55. The van der Waals surface area contributed by atoms with E-state index in [-0.39, 0.29) is 5.56 Å². The van der Waals surface area contributed by atoms with E-state index in [1.54, 1.807) is 22.5 Å². The van der Waals surface area contributed by atoms with Gasteiger partial charge in [-0.05, 0) is 0 Å². The Kier molecular flexibility index (Phi) is 5.08. The predicted molar refractivity (Wildman–Crippen MR) is 31.8 cm³/mol. The Balaban J connectivity index is 0.000000218. The molecule has 0 aliphatic heterocycles. The number of aryl methyl sites for hydroxylation is 1. The molecular formula is C4H6ClNO4S. The van der Waals surface area contributed by atoms with Crippen molar-refractivity contribution < 1.29 is 24.8 Å². The van der Waals surface area contributed by atoms with Crippen LogP contribution in [-0.2, 0) is 7.05 Å². The molecule has 0 atom stereocenters. The van der Waals surface area contributed by atoms with E-state index in [2.05, 4.69) is 0 Å². The quantitative estimate of drug-likeness (QED) is 0.501. The van der Waals surface area contributed by atoms with E-state index < -0.39 is 10.8 Å². The first-order chi connectivity index (χ1) is 5.04. The number of hydrogen-bond donors (Lipinski definition) is 1. The van der Waals surface area contributed by atoms with Gasteiger partial charge >= 0.3 is 0 Å². The molecule has 1 N–H and O–H groups in total. The molecule has 0 aliphatic carbocycles. The van der Waals surface area contributed by atoms with Gasteiger partial charge in [-0.3, -0.25) is 8.75 Å². The molecule has 0 aliphatic rings. The minimum Gasteiger partial charge on any atom is -0.321 e. The van der Waals surface area contributed by atoms with Crippen molar-refractivity contribution in [2.45, 2.75) is 0 Å². The van der Waals surface area contributed by atoms with Gasteiger partial charge in [0.05, 0.1) is 0 Å². The third-order valence-corrected chi connectivity index (χ3v) is 1.49. The molecule has 0 spiro atoms. The van der Waals surface area contributed by atoms with Crippen LogP contribution >= 0.6 is 11.5 Å². The third kappa shape index (κ3) is 6.02. The highest BCUT2D eigenvalue weighted by atomic mass is 35.6. The fourth-order valence-corrected chi connectivity index (χ4v) is 0.861. The summed E-state index contributed by atoms with van der Waals surface area (Å²) in [5, 5.41) is 1.77. The Labute approximate surface area is 69.7 Å². The van der Waals surface area contributed by atoms with E-state index in [9.17, 15) is 4.79 Å². The molecule has 0 amide bonds. The van der Waals surface area contributed by atoms with E-state index in [0.717, 1.165) is 0 Å². The Bertz CT molecular complexity index is 241. The maximum atomic E-state index is 10.4. The molecule has 0 radical (unpaired) electrons. The summed E-state index contributed by atoms with van der Waals surface area (Å²) < 4.78 is 25.5. The van der Waals surface area contributed by atoms with Crippen LogP contribution in [0.5, 0.6) is 0 Å². The van der Waals surface area contributed by atoms with Gasteiger partial charge in [0.25, 0.3) is 16.3 Å². The van der Waals surface area contributed by atoms with Crippen LogP contribution in [0.2, 0.25) is 0 Å². The van der Waals surface area contributed by atoms with Crippen molar-refractivity contribution >= 4 is 11.5 Å². The Morgan fingerprint density at radius 1 is 1.73 bits per heavy atom. The van der Waals surface area contributed by atoms with Crippen LogP contribution in [0.25, 0.3) is 0 Å². The van der Waals surface area contributed by atoms with Gasteiger partial charge in [-0.1, -0.05) is 11.5 Å². The fourth-order valence-electron chi connectivity index (χ4n) is 0.337. The molecule has 7 heteroatoms. The lowest BCUT2D eigenvalue weighted by Crippen LogP contribution is -2.30. The van der Waals surface area contributed by atoms with Crippen LogP contribution in [0.15, 0.2) is 16.2 Å². The van der Waals surface area contributed by atoms with E-state index in [1.165, 1.54) is 11.5 Å². The van der Waals surface area contributed by atoms with Gasteiger partial charge in [0, 0.05) is 23.2 Å². The van der Waals surface area contributed by atoms with Crippen LogP contribution in [0.1, 0.15) is 0 Å². The first-order valence-corrected chi connectivity index (χ1v) is 4.18. The van der Waals surface area contributed by atoms with Gasteiger partial charge in [-0.25, -0.2) is 0 Å². The topological polar surface area (TPSA) is 88.4 Å². The van der Waals surface area contributed by atoms with Crippen molar-refractivity contribution in [3.8, 4) is 0 Å². The SMILES string of the molecule is Cn1sccc1=O.[O-][Cl+2]([O-])O. The van der Waals surface area contributed by atoms with E-state index in [0.29, 0.717) is 0 Å². The normalized spacial score (nSPS) is 9.18. The van der Waals surface area contributed by atoms with E-state index in [1.807, 2.05) is 0 Å². The maximum Gasteiger partial charge on any atom is 0.282 e. The number of halogens is 1. The molecular weight excluding hydrogens is 194 g/mol. The first kappa shape index (κ1) is 10.6. The van der Waals surface area contributed by atoms with E-state index in [4.69, 9.17) is 14.0 Å². The monoisotopic (exact) mass is 199 g/mol. The summed E-state index contributed by atoms with van der Waals surface area (Å²) in [5.74, 6) is 0. The van der Waals surface area contributed by atoms with Gasteiger partial charge in [-0.15, -0.1) is 0 Å². The summed E-state index contributed by atoms with van der Waals surface area (Å²) in [4.78, 5) is 10.4. The third-order valence-electron chi connectivity index (χ3n) is 0.740. The fraction of sp³-hybridized carbons (Fsp3) is 0.250. The summed E-state index contributed by atoms with van der Waals surface area (Å²) in [6.45, 7) is 0. The molecule has 1 aromatic heterocycles. The van der Waals surface area contributed by atoms with Crippen molar-refractivity contribution in [3.05, 3.63) is 21.8 Å². The highest BCUT2D eigenvalue weighted by Gasteiger charge is 1.82. The molecule has 0 saturated heterocycles. The van der Waals surface area contributed by atoms with Gasteiger partial charge in [0.2, 0.25) is 0 Å². The molecule has 0 fully saturated rings. The van der Waals surface area contributed by atoms with Gasteiger partial charge in [-0.2, -0.15) is 0 Å². The van der Waals surface area contributed by atoms with Crippen LogP contribution in [0, 0.1) is 10.8 Å². The first-order valence-electron chi connectivity index (χ1n) is 2.39. The summed E-state index contributed by atoms with van der Waals surface area (Å²) in [5.41, 5.74) is 0.0741. The lowest BCUT2D eigenvalue weighted by atomic mass is 10.7. The summed E-state index contributed by atoms with van der Waals surface area (Å²) in [7, 11) is -0.859. The van der Waals surface area contributed by atoms with Crippen LogP contribution in [-0.4, -0.2) is 8.62 Å². The number of nitrogens with zero attached hydrogens (tertiary/aromatic N) is 1. The van der Waals surface area contributed by atoms with Gasteiger partial charge in [0.1, 0.15) is 0 Å². The molecule has 1 heterocycles. The second kappa shape index (κ2) is 5.28. The minimum atomic E-state index is -2.60. The Morgan fingerprint density at radius 3 is 2.27 bits per heavy atom. The average Bonchev–Trinajstić information content (AvgIpc) is 2.15. The van der Waals surface area contributed by atoms with Crippen LogP contribution < -0.4 is 14.9 Å². The second-order valence-electron chi connectivity index (χ2n) is 1.44. The summed E-state index contributed by atoms with van der Waals surface area (Å²) >= 11 is 1.41. The zero-order valence-electron chi connectivity index (χ0n) is 5.56. The van der Waals surface area contributed by atoms with Crippen LogP contribution in [0.4, 0.5) is 0 Å². The van der Waals surface area contributed by atoms with Crippen molar-refractivity contribution in [3.63, 3.8) is 0 Å². The molecule has 1 rings (SSSR count). The van der Waals surface area contributed by atoms with Crippen LogP contribution in [0.3, 0.4) is 0 Å². The molecule has 0 saturated carbocycles. The highest BCUT2D eigenvalue weighted by molar-refractivity contribution is 7.04. The van der Waals surface area contributed by atoms with Crippen molar-refractivity contribution in [1.82, 2.24) is 3.96 Å². The second-order valence-corrected chi connectivity index (χ2v) is 2.88. The number of rotatable bonds is 0. The molecule has 11 heavy (non-hydrogen) atoms. The summed E-state index contributed by atoms with van der Waals surface area (Å²) in [6.07, 6.45) is 0. The molecule has 0 bridgehead atoms. The number of hydrogen-bond acceptors (Lipinski definition) is 5. The van der Waals surface area contributed by atoms with E-state index >= 15 is 0 Å². The number of aromatic nitrogens is 1. The predicted octanol–water partition coefficient (Wildman–Crippen LogP) is -2.49. The minimum absolute atomic E-state index is 0.0741. The Hall–Kier alpha value is -0.400. The lowest BCUT2D eigenvalue weighted by molar-refractivity contribution is -1.63. The molecule has 0 aromatic carbocycles. The maximum absolute atomic E-state index is 10.4. The zero-order valence-corrected chi connectivity index (χ0v) is 7.13. The highest BCUT2D eigenvalue weighted by Crippen LogP contribution is 1.84. The van der Waals surface area contributed by atoms with Gasteiger partial charge in [0.15, 0.2) is 0 Å². The van der Waals surface area contributed by atoms with Gasteiger partial charge < -0.3 is 9.32 Å². The zero-order chi connectivity index (χ0) is 8.85. The largest absolute Gasteiger partial charge is 0.321 e. The van der Waals surface area contributed by atoms with Crippen molar-refractivity contribution in [2.24, 2.45) is 7.05 Å². The average molecular weight is 200 g/mol. The van der Waals surface area contributed by atoms with Crippen molar-refractivity contribution in [1.29, 1.82) is 0 Å². The molecule has 5 nitrogen and oxygen atoms in total. The van der Waals surface area contributed by atoms with Crippen molar-refractivity contribution in [2.75, 3.05) is 0 Å². The smallest absolute Gasteiger partial charge is 0.282 e. The molecule has 1 aromatic rings. The standard InChI is InChI=1S/C4H5NOS.ClHO3/c1-5-4(6)2-3-7-5;2-1(3)4/h2-3H,1H3;2H. The Morgan fingerprint density at radius 2 is 2.18 bits per heavy atom. The molecule has 64 valence electrons. The lowest BCUT2D eigenvalue weighted by Gasteiger charge is -1.76.